The number of aryl methyl sites for hydroxylation is 1. The number of furan rings is 1. The van der Waals surface area contributed by atoms with Crippen molar-refractivity contribution in [2.75, 3.05) is 5.43 Å². The second-order valence-electron chi connectivity index (χ2n) is 5.14. The zero-order valence-electron chi connectivity index (χ0n) is 12.7. The molecule has 2 heterocycles. The smallest absolute Gasteiger partial charge is 0.214 e. The van der Waals surface area contributed by atoms with E-state index in [1.165, 1.54) is 0 Å². The molecule has 120 valence electrons. The first kappa shape index (κ1) is 15.8. The van der Waals surface area contributed by atoms with Crippen LogP contribution in [0.2, 0.25) is 5.02 Å². The molecular weight excluding hydrogens is 332 g/mol. The molecule has 0 spiro atoms. The Labute approximate surface area is 144 Å². The maximum Gasteiger partial charge on any atom is 0.214 e. The average molecular weight is 349 g/mol. The molecular formula is C16H17ClN4OS. The Balaban J connectivity index is 1.73. The average Bonchev–Trinajstić information content (AvgIpc) is 3.14. The van der Waals surface area contributed by atoms with Gasteiger partial charge in [-0.1, -0.05) is 30.7 Å². The number of hydrogen-bond acceptors (Lipinski definition) is 4. The largest absolute Gasteiger partial charge is 0.459 e. The fourth-order valence-corrected chi connectivity index (χ4v) is 2.72. The van der Waals surface area contributed by atoms with Crippen LogP contribution in [0.1, 0.15) is 24.9 Å². The lowest BCUT2D eigenvalue weighted by Gasteiger charge is -2.07. The molecule has 2 N–H and O–H groups in total. The summed E-state index contributed by atoms with van der Waals surface area (Å²) in [6.07, 6.45) is 1.85. The highest BCUT2D eigenvalue weighted by Crippen LogP contribution is 2.24. The van der Waals surface area contributed by atoms with Gasteiger partial charge in [0.1, 0.15) is 11.5 Å². The summed E-state index contributed by atoms with van der Waals surface area (Å²) in [4.78, 5) is 0. The highest BCUT2D eigenvalue weighted by atomic mass is 35.5. The van der Waals surface area contributed by atoms with Gasteiger partial charge in [0.2, 0.25) is 4.77 Å². The van der Waals surface area contributed by atoms with Crippen LogP contribution >= 0.6 is 23.8 Å². The fourth-order valence-electron chi connectivity index (χ4n) is 2.31. The highest BCUT2D eigenvalue weighted by molar-refractivity contribution is 7.71. The molecule has 0 aliphatic carbocycles. The minimum Gasteiger partial charge on any atom is -0.459 e. The Morgan fingerprint density at radius 1 is 1.35 bits per heavy atom. The van der Waals surface area contributed by atoms with Crippen molar-refractivity contribution in [3.8, 4) is 11.3 Å². The lowest BCUT2D eigenvalue weighted by molar-refractivity contribution is 0.520. The summed E-state index contributed by atoms with van der Waals surface area (Å²) >= 11 is 11.3. The number of H-pyrrole nitrogens is 1. The summed E-state index contributed by atoms with van der Waals surface area (Å²) in [6.45, 7) is 2.62. The molecule has 3 rings (SSSR count). The maximum absolute atomic E-state index is 6.02. The second kappa shape index (κ2) is 7.02. The third-order valence-electron chi connectivity index (χ3n) is 3.40. The first-order chi connectivity index (χ1) is 11.2. The summed E-state index contributed by atoms with van der Waals surface area (Å²) in [5.41, 5.74) is 4.19. The Morgan fingerprint density at radius 2 is 2.22 bits per heavy atom. The molecule has 0 aliphatic rings. The van der Waals surface area contributed by atoms with Crippen LogP contribution in [-0.2, 0) is 13.0 Å². The number of nitrogens with one attached hydrogen (secondary N) is 2. The van der Waals surface area contributed by atoms with Gasteiger partial charge in [-0.3, -0.25) is 5.10 Å². The van der Waals surface area contributed by atoms with Crippen LogP contribution in [0.4, 0.5) is 0 Å². The van der Waals surface area contributed by atoms with Gasteiger partial charge in [0.05, 0.1) is 6.54 Å². The predicted molar refractivity (Wildman–Crippen MR) is 93.6 cm³/mol. The number of halogens is 1. The minimum absolute atomic E-state index is 0.519. The first-order valence-corrected chi connectivity index (χ1v) is 8.21. The van der Waals surface area contributed by atoms with E-state index in [0.29, 0.717) is 16.3 Å². The Bertz CT molecular complexity index is 852. The van der Waals surface area contributed by atoms with Gasteiger partial charge in [0.15, 0.2) is 5.82 Å². The van der Waals surface area contributed by atoms with E-state index < -0.39 is 0 Å². The van der Waals surface area contributed by atoms with Gasteiger partial charge in [-0.2, -0.15) is 5.10 Å². The van der Waals surface area contributed by atoms with Gasteiger partial charge in [0, 0.05) is 17.0 Å². The van der Waals surface area contributed by atoms with Crippen LogP contribution in [-0.4, -0.2) is 14.9 Å². The number of benzene rings is 1. The number of nitrogens with zero attached hydrogens (tertiary/aromatic N) is 2. The van der Waals surface area contributed by atoms with Crippen molar-refractivity contribution in [1.82, 2.24) is 14.9 Å². The molecule has 3 aromatic rings. The third-order valence-corrected chi connectivity index (χ3v) is 3.91. The molecule has 0 fully saturated rings. The van der Waals surface area contributed by atoms with Crippen molar-refractivity contribution >= 4 is 23.8 Å². The molecule has 1 aromatic carbocycles. The monoisotopic (exact) mass is 348 g/mol. The van der Waals surface area contributed by atoms with Crippen LogP contribution in [0.3, 0.4) is 0 Å². The van der Waals surface area contributed by atoms with Crippen LogP contribution < -0.4 is 5.43 Å². The number of rotatable bonds is 6. The molecule has 0 aliphatic heterocycles. The maximum atomic E-state index is 6.02. The van der Waals surface area contributed by atoms with Gasteiger partial charge in [-0.05, 0) is 42.9 Å². The lowest BCUT2D eigenvalue weighted by atomic mass is 10.2. The molecule has 0 unspecified atom stereocenters. The van der Waals surface area contributed by atoms with Gasteiger partial charge in [-0.15, -0.1) is 0 Å². The zero-order chi connectivity index (χ0) is 16.2. The number of aromatic nitrogens is 3. The van der Waals surface area contributed by atoms with E-state index in [1.54, 1.807) is 4.68 Å². The van der Waals surface area contributed by atoms with Gasteiger partial charge < -0.3 is 9.84 Å². The van der Waals surface area contributed by atoms with E-state index >= 15 is 0 Å². The molecule has 0 saturated carbocycles. The van der Waals surface area contributed by atoms with Crippen molar-refractivity contribution in [1.29, 1.82) is 0 Å². The van der Waals surface area contributed by atoms with E-state index in [0.717, 1.165) is 35.7 Å². The summed E-state index contributed by atoms with van der Waals surface area (Å²) in [6, 6.07) is 11.5. The summed E-state index contributed by atoms with van der Waals surface area (Å²) in [5.74, 6) is 2.48. The van der Waals surface area contributed by atoms with Crippen molar-refractivity contribution in [3.05, 3.63) is 57.8 Å². The summed E-state index contributed by atoms with van der Waals surface area (Å²) in [7, 11) is 0. The van der Waals surface area contributed by atoms with Crippen molar-refractivity contribution < 1.29 is 4.42 Å². The SMILES string of the molecule is CCCc1n[nH]c(=S)n1NCc1ccc(-c2cccc(Cl)c2)o1. The topological polar surface area (TPSA) is 58.8 Å². The fraction of sp³-hybridized carbons (Fsp3) is 0.250. The minimum atomic E-state index is 0.519. The normalized spacial score (nSPS) is 10.9. The standard InChI is InChI=1S/C16H17ClN4OS/c1-2-4-15-19-20-16(23)21(15)18-10-13-7-8-14(22-13)11-5-3-6-12(17)9-11/h3,5-9,18H,2,4,10H2,1H3,(H,20,23). The molecule has 23 heavy (non-hydrogen) atoms. The zero-order valence-corrected chi connectivity index (χ0v) is 14.2. The molecule has 0 bridgehead atoms. The molecule has 0 amide bonds. The summed E-state index contributed by atoms with van der Waals surface area (Å²) < 4.78 is 8.21. The Morgan fingerprint density at radius 3 is 3.00 bits per heavy atom. The second-order valence-corrected chi connectivity index (χ2v) is 5.96. The predicted octanol–water partition coefficient (Wildman–Crippen LogP) is 4.55. The van der Waals surface area contributed by atoms with E-state index in [-0.39, 0.29) is 0 Å². The van der Waals surface area contributed by atoms with Crippen LogP contribution in [0, 0.1) is 4.77 Å². The van der Waals surface area contributed by atoms with Crippen molar-refractivity contribution in [3.63, 3.8) is 0 Å². The third kappa shape index (κ3) is 3.65. The van der Waals surface area contributed by atoms with E-state index in [2.05, 4.69) is 22.5 Å². The van der Waals surface area contributed by atoms with Crippen molar-refractivity contribution in [2.24, 2.45) is 0 Å². The molecule has 0 saturated heterocycles. The van der Waals surface area contributed by atoms with E-state index in [1.807, 2.05) is 36.4 Å². The molecule has 0 radical (unpaired) electrons. The number of aromatic amines is 1. The highest BCUT2D eigenvalue weighted by Gasteiger charge is 2.08. The molecule has 7 heteroatoms. The Hall–Kier alpha value is -2.05. The molecule has 5 nitrogen and oxygen atoms in total. The van der Waals surface area contributed by atoms with Gasteiger partial charge in [-0.25, -0.2) is 4.68 Å². The van der Waals surface area contributed by atoms with Gasteiger partial charge in [0.25, 0.3) is 0 Å². The van der Waals surface area contributed by atoms with Crippen molar-refractivity contribution in [2.45, 2.75) is 26.3 Å². The molecule has 2 aromatic heterocycles. The van der Waals surface area contributed by atoms with E-state index in [9.17, 15) is 0 Å². The number of hydrogen-bond donors (Lipinski definition) is 2. The quantitative estimate of drug-likeness (QED) is 0.641. The van der Waals surface area contributed by atoms with Gasteiger partial charge >= 0.3 is 0 Å². The Kier molecular flexibility index (Phi) is 4.83. The summed E-state index contributed by atoms with van der Waals surface area (Å²) in [5, 5.41) is 7.71. The van der Waals surface area contributed by atoms with Crippen LogP contribution in [0.25, 0.3) is 11.3 Å². The van der Waals surface area contributed by atoms with E-state index in [4.69, 9.17) is 28.2 Å². The van der Waals surface area contributed by atoms with Crippen LogP contribution in [0.15, 0.2) is 40.8 Å². The first-order valence-electron chi connectivity index (χ1n) is 7.42. The molecule has 0 atom stereocenters. The van der Waals surface area contributed by atoms with Crippen LogP contribution in [0.5, 0.6) is 0 Å². The lowest BCUT2D eigenvalue weighted by Crippen LogP contribution is -2.17.